The first-order valence-electron chi connectivity index (χ1n) is 12.3. The zero-order chi connectivity index (χ0) is 31.8. The minimum atomic E-state index is -1.29. The van der Waals surface area contributed by atoms with Crippen LogP contribution in [-0.4, -0.2) is 30.9 Å². The maximum atomic E-state index is 13.6. The van der Waals surface area contributed by atoms with Crippen molar-refractivity contribution in [2.45, 2.75) is 27.7 Å². The van der Waals surface area contributed by atoms with Crippen molar-refractivity contribution in [1.29, 1.82) is 0 Å². The van der Waals surface area contributed by atoms with Gasteiger partial charge in [-0.1, -0.05) is 26.3 Å². The third-order valence-corrected chi connectivity index (χ3v) is 5.18. The number of quaternary nitrogens is 1. The van der Waals surface area contributed by atoms with Crippen molar-refractivity contribution < 1.29 is 38.1 Å². The Labute approximate surface area is 243 Å². The number of carbonyl (C=O) groups is 4. The molecular weight excluding hydrogens is 544 g/mol. The molecule has 2 aromatic carbocycles. The van der Waals surface area contributed by atoms with Gasteiger partial charge in [-0.05, 0) is 52.0 Å². The van der Waals surface area contributed by atoms with Crippen LogP contribution in [0.2, 0.25) is 0 Å². The van der Waals surface area contributed by atoms with Gasteiger partial charge in [-0.25, -0.2) is 29.4 Å². The van der Waals surface area contributed by atoms with Crippen LogP contribution in [0.3, 0.4) is 0 Å². The van der Waals surface area contributed by atoms with E-state index in [0.717, 1.165) is 0 Å². The van der Waals surface area contributed by atoms with Crippen LogP contribution < -0.4 is 29.1 Å². The molecule has 11 nitrogen and oxygen atoms in total. The molecule has 0 saturated heterocycles. The molecule has 220 valence electrons. The highest BCUT2D eigenvalue weighted by atomic mass is 16.6. The summed E-state index contributed by atoms with van der Waals surface area (Å²) in [6.07, 6.45) is 2.71. The maximum absolute atomic E-state index is 13.6. The molecule has 0 amide bonds. The van der Waals surface area contributed by atoms with Crippen molar-refractivity contribution in [3.8, 4) is 23.0 Å². The van der Waals surface area contributed by atoms with Gasteiger partial charge in [0.15, 0.2) is 5.75 Å². The predicted molar refractivity (Wildman–Crippen MR) is 158 cm³/mol. The van der Waals surface area contributed by atoms with Gasteiger partial charge < -0.3 is 24.2 Å². The van der Waals surface area contributed by atoms with E-state index in [9.17, 15) is 24.4 Å². The standard InChI is InChI=1S/C31H32N2O9/c1-18(2)28(34)39-23-11-10-22(26(16-23)41-30(36)20(5)6)14-15-32-33(9,38)25-13-12-24(40-29(35)19(3)4)17-27(25)42-31(37)21(7)8/h10-17,32H,1,3,5,7H2,2,4,6,8-9H3/b15-14+. The molecule has 0 heterocycles. The molecule has 1 atom stereocenters. The molecule has 0 aliphatic carbocycles. The molecule has 0 fully saturated rings. The lowest BCUT2D eigenvalue weighted by Crippen LogP contribution is -2.48. The van der Waals surface area contributed by atoms with Crippen LogP contribution in [0.5, 0.6) is 23.0 Å². The van der Waals surface area contributed by atoms with E-state index in [2.05, 4.69) is 31.7 Å². The van der Waals surface area contributed by atoms with Gasteiger partial charge in [0, 0.05) is 46.1 Å². The van der Waals surface area contributed by atoms with E-state index >= 15 is 0 Å². The first kappa shape index (κ1) is 32.9. The predicted octanol–water partition coefficient (Wildman–Crippen LogP) is 5.22. The summed E-state index contributed by atoms with van der Waals surface area (Å²) in [4.78, 5) is 48.3. The number of benzene rings is 2. The number of hydrogen-bond acceptors (Lipinski definition) is 10. The van der Waals surface area contributed by atoms with Gasteiger partial charge in [-0.2, -0.15) is 0 Å². The lowest BCUT2D eigenvalue weighted by atomic mass is 10.2. The second-order valence-corrected chi connectivity index (χ2v) is 9.40. The van der Waals surface area contributed by atoms with Crippen LogP contribution in [0.25, 0.3) is 6.08 Å². The second kappa shape index (κ2) is 13.9. The molecule has 1 N–H and O–H groups in total. The van der Waals surface area contributed by atoms with E-state index < -0.39 is 28.6 Å². The number of ether oxygens (including phenoxy) is 4. The molecule has 2 rings (SSSR count). The van der Waals surface area contributed by atoms with Crippen molar-refractivity contribution in [3.05, 3.63) is 102 Å². The Bertz CT molecular complexity index is 1520. The second-order valence-electron chi connectivity index (χ2n) is 9.40. The summed E-state index contributed by atoms with van der Waals surface area (Å²) in [7, 11) is 1.22. The SMILES string of the molecule is C=C(C)C(=O)Oc1ccc(/C=C/N[N+](C)([O-])c2ccc(OC(=O)C(=C)C)cc2OC(=O)C(=C)C)c(OC(=O)C(=C)C)c1. The molecule has 0 saturated carbocycles. The average molecular weight is 577 g/mol. The molecule has 0 bridgehead atoms. The Kier molecular flexibility index (Phi) is 10.9. The largest absolute Gasteiger partial charge is 0.601 e. The monoisotopic (exact) mass is 576 g/mol. The van der Waals surface area contributed by atoms with Crippen LogP contribution in [-0.2, 0) is 19.2 Å². The Morgan fingerprint density at radius 3 is 1.57 bits per heavy atom. The molecule has 0 aliphatic heterocycles. The van der Waals surface area contributed by atoms with Gasteiger partial charge in [-0.15, -0.1) is 0 Å². The fourth-order valence-corrected chi connectivity index (χ4v) is 2.90. The van der Waals surface area contributed by atoms with Crippen molar-refractivity contribution >= 4 is 35.6 Å². The summed E-state index contributed by atoms with van der Waals surface area (Å²) in [6.45, 7) is 20.0. The Morgan fingerprint density at radius 1 is 0.690 bits per heavy atom. The quantitative estimate of drug-likeness (QED) is 0.117. The van der Waals surface area contributed by atoms with Crippen LogP contribution in [0.4, 0.5) is 5.69 Å². The smallest absolute Gasteiger partial charge is 0.338 e. The average Bonchev–Trinajstić information content (AvgIpc) is 2.89. The van der Waals surface area contributed by atoms with Crippen molar-refractivity contribution in [1.82, 2.24) is 10.2 Å². The van der Waals surface area contributed by atoms with Crippen molar-refractivity contribution in [2.75, 3.05) is 7.05 Å². The van der Waals surface area contributed by atoms with Gasteiger partial charge >= 0.3 is 23.9 Å². The number of hydrogen-bond donors (Lipinski definition) is 1. The van der Waals surface area contributed by atoms with E-state index in [-0.39, 0.29) is 51.0 Å². The maximum Gasteiger partial charge on any atom is 0.338 e. The lowest BCUT2D eigenvalue weighted by molar-refractivity contribution is -0.131. The van der Waals surface area contributed by atoms with E-state index in [4.69, 9.17) is 18.9 Å². The molecule has 1 unspecified atom stereocenters. The summed E-state index contributed by atoms with van der Waals surface area (Å²) >= 11 is 0. The lowest BCUT2D eigenvalue weighted by Gasteiger charge is -2.37. The Hall–Kier alpha value is -5.26. The fourth-order valence-electron chi connectivity index (χ4n) is 2.90. The van der Waals surface area contributed by atoms with Gasteiger partial charge in [-0.3, -0.25) is 0 Å². The van der Waals surface area contributed by atoms with Gasteiger partial charge in [0.05, 0.1) is 13.2 Å². The normalized spacial score (nSPS) is 12.0. The molecule has 0 radical (unpaired) electrons. The van der Waals surface area contributed by atoms with E-state index in [0.29, 0.717) is 5.56 Å². The number of nitrogens with one attached hydrogen (secondary N) is 1. The highest BCUT2D eigenvalue weighted by Gasteiger charge is 2.24. The van der Waals surface area contributed by atoms with Crippen molar-refractivity contribution in [2.24, 2.45) is 0 Å². The number of nitrogens with zero attached hydrogens (tertiary/aromatic N) is 1. The topological polar surface area (TPSA) is 140 Å². The highest BCUT2D eigenvalue weighted by molar-refractivity contribution is 5.91. The first-order chi connectivity index (χ1) is 19.5. The summed E-state index contributed by atoms with van der Waals surface area (Å²) in [5.74, 6) is -2.94. The minimum absolute atomic E-state index is 0.0169. The molecule has 11 heteroatoms. The molecule has 0 spiro atoms. The molecule has 2 aromatic rings. The highest BCUT2D eigenvalue weighted by Crippen LogP contribution is 2.35. The zero-order valence-corrected chi connectivity index (χ0v) is 24.1. The summed E-state index contributed by atoms with van der Waals surface area (Å²) < 4.78 is 19.8. The van der Waals surface area contributed by atoms with Crippen LogP contribution in [0, 0.1) is 5.21 Å². The van der Waals surface area contributed by atoms with Crippen LogP contribution in [0.15, 0.2) is 91.2 Å². The van der Waals surface area contributed by atoms with Gasteiger partial charge in [0.25, 0.3) is 0 Å². The molecule has 0 aliphatic rings. The Balaban J connectivity index is 2.42. The first-order valence-corrected chi connectivity index (χ1v) is 12.3. The Morgan fingerprint density at radius 2 is 1.10 bits per heavy atom. The molecule has 0 aromatic heterocycles. The zero-order valence-electron chi connectivity index (χ0n) is 24.1. The fraction of sp³-hybridized carbons (Fsp3) is 0.161. The van der Waals surface area contributed by atoms with E-state index in [1.54, 1.807) is 0 Å². The summed E-state index contributed by atoms with van der Waals surface area (Å²) in [6, 6.07) is 8.18. The molecule has 42 heavy (non-hydrogen) atoms. The van der Waals surface area contributed by atoms with Crippen molar-refractivity contribution in [3.63, 3.8) is 0 Å². The van der Waals surface area contributed by atoms with E-state index in [1.807, 2.05) is 0 Å². The van der Waals surface area contributed by atoms with Crippen LogP contribution in [0.1, 0.15) is 33.3 Å². The van der Waals surface area contributed by atoms with Gasteiger partial charge in [0.2, 0.25) is 5.69 Å². The minimum Gasteiger partial charge on any atom is -0.601 e. The number of hydroxylamine groups is 1. The van der Waals surface area contributed by atoms with Gasteiger partial charge in [0.1, 0.15) is 17.2 Å². The van der Waals surface area contributed by atoms with Crippen LogP contribution >= 0.6 is 0 Å². The number of rotatable bonds is 12. The third kappa shape index (κ3) is 9.15. The number of esters is 4. The van der Waals surface area contributed by atoms with E-state index in [1.165, 1.54) is 83.4 Å². The third-order valence-electron chi connectivity index (χ3n) is 5.18. The molecular formula is C31H32N2O9. The summed E-state index contributed by atoms with van der Waals surface area (Å²) in [5, 5.41) is 13.6. The summed E-state index contributed by atoms with van der Waals surface area (Å²) in [5.41, 5.74) is 3.43. The number of carbonyl (C=O) groups excluding carboxylic acids is 4.